The second-order valence-electron chi connectivity index (χ2n) is 6.50. The molecule has 0 aliphatic rings. The van der Waals surface area contributed by atoms with Crippen LogP contribution >= 0.6 is 11.8 Å². The Bertz CT molecular complexity index is 831. The summed E-state index contributed by atoms with van der Waals surface area (Å²) in [6.07, 6.45) is 0.493. The molecule has 0 radical (unpaired) electrons. The molecule has 2 amide bonds. The summed E-state index contributed by atoms with van der Waals surface area (Å²) in [6.45, 7) is 2.17. The number of nitrogens with zero attached hydrogens (tertiary/aromatic N) is 1. The molecule has 0 fully saturated rings. The van der Waals surface area contributed by atoms with Crippen LogP contribution < -0.4 is 10.1 Å². The molecule has 0 aromatic heterocycles. The van der Waals surface area contributed by atoms with Crippen LogP contribution in [0.2, 0.25) is 0 Å². The maximum absolute atomic E-state index is 13.8. The van der Waals surface area contributed by atoms with Crippen molar-refractivity contribution >= 4 is 23.6 Å². The molecule has 2 rings (SSSR count). The van der Waals surface area contributed by atoms with Crippen LogP contribution in [0.3, 0.4) is 0 Å². The lowest BCUT2D eigenvalue weighted by molar-refractivity contribution is -0.139. The van der Waals surface area contributed by atoms with Gasteiger partial charge < -0.3 is 15.0 Å². The molecule has 7 heteroatoms. The summed E-state index contributed by atoms with van der Waals surface area (Å²) in [6, 6.07) is 13.4. The van der Waals surface area contributed by atoms with E-state index in [4.69, 9.17) is 4.74 Å². The molecule has 0 aliphatic heterocycles. The average Bonchev–Trinajstić information content (AvgIpc) is 2.74. The smallest absolute Gasteiger partial charge is 0.242 e. The number of hydrogen-bond donors (Lipinski definition) is 1. The predicted octanol–water partition coefficient (Wildman–Crippen LogP) is 3.62. The molecule has 0 saturated heterocycles. The standard InChI is InChI=1S/C22H27FN2O3S/c1-4-20(22(27)24-2)25(13-16-8-7-10-18(12-16)28-3)21(26)15-29-14-17-9-5-6-11-19(17)23/h5-12,20H,4,13-15H2,1-3H3,(H,24,27)/t20-/m1/s1. The SMILES string of the molecule is CC[C@H](C(=O)NC)N(Cc1cccc(OC)c1)C(=O)CSCc1ccccc1F. The number of rotatable bonds is 10. The third kappa shape index (κ3) is 6.49. The molecule has 156 valence electrons. The number of halogens is 1. The largest absolute Gasteiger partial charge is 0.497 e. The Labute approximate surface area is 175 Å². The third-order valence-corrected chi connectivity index (χ3v) is 5.53. The molecule has 2 aromatic rings. The van der Waals surface area contributed by atoms with Gasteiger partial charge in [-0.2, -0.15) is 0 Å². The summed E-state index contributed by atoms with van der Waals surface area (Å²) in [5.41, 5.74) is 1.43. The maximum Gasteiger partial charge on any atom is 0.242 e. The van der Waals surface area contributed by atoms with Gasteiger partial charge in [-0.05, 0) is 35.7 Å². The molecule has 1 atom stereocenters. The molecule has 0 heterocycles. The van der Waals surface area contributed by atoms with E-state index >= 15 is 0 Å². The average molecular weight is 419 g/mol. The Kier molecular flexibility index (Phi) is 8.99. The molecule has 1 N–H and O–H groups in total. The fraction of sp³-hybridized carbons (Fsp3) is 0.364. The highest BCUT2D eigenvalue weighted by Crippen LogP contribution is 2.20. The minimum Gasteiger partial charge on any atom is -0.497 e. The van der Waals surface area contributed by atoms with Gasteiger partial charge >= 0.3 is 0 Å². The Morgan fingerprint density at radius 1 is 1.21 bits per heavy atom. The molecule has 0 saturated carbocycles. The van der Waals surface area contributed by atoms with E-state index in [1.54, 1.807) is 37.3 Å². The molecular formula is C22H27FN2O3S. The first-order valence-corrected chi connectivity index (χ1v) is 10.6. The van der Waals surface area contributed by atoms with E-state index in [9.17, 15) is 14.0 Å². The number of nitrogens with one attached hydrogen (secondary N) is 1. The van der Waals surface area contributed by atoms with E-state index in [-0.39, 0.29) is 23.4 Å². The summed E-state index contributed by atoms with van der Waals surface area (Å²) in [5, 5.41) is 2.64. The van der Waals surface area contributed by atoms with Gasteiger partial charge in [-0.15, -0.1) is 11.8 Å². The normalized spacial score (nSPS) is 11.6. The van der Waals surface area contributed by atoms with Gasteiger partial charge in [0.1, 0.15) is 17.6 Å². The third-order valence-electron chi connectivity index (χ3n) is 4.56. The quantitative estimate of drug-likeness (QED) is 0.640. The van der Waals surface area contributed by atoms with Crippen LogP contribution in [0.25, 0.3) is 0 Å². The fourth-order valence-corrected chi connectivity index (χ4v) is 3.90. The minimum atomic E-state index is -0.576. The second kappa shape index (κ2) is 11.5. The first-order chi connectivity index (χ1) is 14.0. The van der Waals surface area contributed by atoms with Gasteiger partial charge in [0.15, 0.2) is 0 Å². The molecule has 0 spiro atoms. The van der Waals surface area contributed by atoms with E-state index in [1.807, 2.05) is 31.2 Å². The van der Waals surface area contributed by atoms with Crippen molar-refractivity contribution in [1.29, 1.82) is 0 Å². The van der Waals surface area contributed by atoms with Crippen molar-refractivity contribution in [3.8, 4) is 5.75 Å². The number of thioether (sulfide) groups is 1. The maximum atomic E-state index is 13.8. The van der Waals surface area contributed by atoms with Crippen molar-refractivity contribution < 1.29 is 18.7 Å². The van der Waals surface area contributed by atoms with Crippen molar-refractivity contribution in [2.45, 2.75) is 31.7 Å². The van der Waals surface area contributed by atoms with Crippen LogP contribution in [0.15, 0.2) is 48.5 Å². The lowest BCUT2D eigenvalue weighted by atomic mass is 10.1. The monoisotopic (exact) mass is 418 g/mol. The highest BCUT2D eigenvalue weighted by atomic mass is 32.2. The first kappa shape index (κ1) is 22.7. The van der Waals surface area contributed by atoms with Gasteiger partial charge in [0.05, 0.1) is 12.9 Å². The minimum absolute atomic E-state index is 0.159. The Morgan fingerprint density at radius 2 is 1.97 bits per heavy atom. The van der Waals surface area contributed by atoms with E-state index in [0.29, 0.717) is 30.0 Å². The lowest BCUT2D eigenvalue weighted by Crippen LogP contribution is -2.48. The number of ether oxygens (including phenoxy) is 1. The van der Waals surface area contributed by atoms with Gasteiger partial charge in [-0.1, -0.05) is 37.3 Å². The van der Waals surface area contributed by atoms with E-state index in [1.165, 1.54) is 17.8 Å². The van der Waals surface area contributed by atoms with Crippen molar-refractivity contribution in [3.63, 3.8) is 0 Å². The van der Waals surface area contributed by atoms with Crippen LogP contribution in [-0.2, 0) is 21.9 Å². The Hall–Kier alpha value is -2.54. The molecule has 5 nitrogen and oxygen atoms in total. The van der Waals surface area contributed by atoms with E-state index < -0.39 is 6.04 Å². The van der Waals surface area contributed by atoms with Crippen molar-refractivity contribution in [2.24, 2.45) is 0 Å². The van der Waals surface area contributed by atoms with Crippen LogP contribution in [0.1, 0.15) is 24.5 Å². The van der Waals surface area contributed by atoms with Crippen LogP contribution in [-0.4, -0.2) is 42.7 Å². The number of hydrogen-bond acceptors (Lipinski definition) is 4. The summed E-state index contributed by atoms with van der Waals surface area (Å²) in [7, 11) is 3.15. The highest BCUT2D eigenvalue weighted by Gasteiger charge is 2.28. The summed E-state index contributed by atoms with van der Waals surface area (Å²) in [4.78, 5) is 26.9. The van der Waals surface area contributed by atoms with Gasteiger partial charge in [0.25, 0.3) is 0 Å². The molecule has 0 aliphatic carbocycles. The van der Waals surface area contributed by atoms with Gasteiger partial charge in [-0.25, -0.2) is 4.39 Å². The summed E-state index contributed by atoms with van der Waals surface area (Å²) in [5.74, 6) is 0.593. The topological polar surface area (TPSA) is 58.6 Å². The number of carbonyl (C=O) groups excluding carboxylic acids is 2. The predicted molar refractivity (Wildman–Crippen MR) is 114 cm³/mol. The summed E-state index contributed by atoms with van der Waals surface area (Å²) < 4.78 is 19.0. The number of likely N-dealkylation sites (N-methyl/N-ethyl adjacent to an activating group) is 1. The molecule has 0 unspecified atom stereocenters. The first-order valence-electron chi connectivity index (χ1n) is 9.45. The molecular weight excluding hydrogens is 391 g/mol. The fourth-order valence-electron chi connectivity index (χ4n) is 3.00. The number of amides is 2. The lowest BCUT2D eigenvalue weighted by Gasteiger charge is -2.30. The number of benzene rings is 2. The van der Waals surface area contributed by atoms with Gasteiger partial charge in [0.2, 0.25) is 11.8 Å². The van der Waals surface area contributed by atoms with E-state index in [2.05, 4.69) is 5.32 Å². The summed E-state index contributed by atoms with van der Waals surface area (Å²) >= 11 is 1.33. The van der Waals surface area contributed by atoms with Gasteiger partial charge in [0, 0.05) is 19.3 Å². The second-order valence-corrected chi connectivity index (χ2v) is 7.48. The molecule has 29 heavy (non-hydrogen) atoms. The number of methoxy groups -OCH3 is 1. The number of carbonyl (C=O) groups is 2. The van der Waals surface area contributed by atoms with Crippen molar-refractivity contribution in [2.75, 3.05) is 19.9 Å². The van der Waals surface area contributed by atoms with Crippen LogP contribution in [0.4, 0.5) is 4.39 Å². The zero-order chi connectivity index (χ0) is 21.2. The molecule has 2 aromatic carbocycles. The van der Waals surface area contributed by atoms with Crippen molar-refractivity contribution in [3.05, 3.63) is 65.5 Å². The van der Waals surface area contributed by atoms with Crippen LogP contribution in [0.5, 0.6) is 5.75 Å². The van der Waals surface area contributed by atoms with Gasteiger partial charge in [-0.3, -0.25) is 9.59 Å². The van der Waals surface area contributed by atoms with Crippen molar-refractivity contribution in [1.82, 2.24) is 10.2 Å². The van der Waals surface area contributed by atoms with Crippen LogP contribution in [0, 0.1) is 5.82 Å². The zero-order valence-electron chi connectivity index (χ0n) is 17.0. The Morgan fingerprint density at radius 3 is 2.62 bits per heavy atom. The van der Waals surface area contributed by atoms with E-state index in [0.717, 1.165) is 5.56 Å². The highest BCUT2D eigenvalue weighted by molar-refractivity contribution is 7.99. The molecule has 0 bridgehead atoms. The Balaban J connectivity index is 2.13. The zero-order valence-corrected chi connectivity index (χ0v) is 17.8.